The van der Waals surface area contributed by atoms with Gasteiger partial charge in [-0.2, -0.15) is 5.26 Å². The van der Waals surface area contributed by atoms with E-state index in [0.717, 1.165) is 62.1 Å². The van der Waals surface area contributed by atoms with Gasteiger partial charge in [-0.05, 0) is 37.3 Å². The van der Waals surface area contributed by atoms with Crippen molar-refractivity contribution < 1.29 is 4.74 Å². The van der Waals surface area contributed by atoms with Gasteiger partial charge in [-0.25, -0.2) is 4.98 Å². The van der Waals surface area contributed by atoms with E-state index in [2.05, 4.69) is 28.5 Å². The monoisotopic (exact) mass is 350 g/mol. The molecule has 2 heterocycles. The number of fused-ring (bicyclic) bond motifs is 1. The highest BCUT2D eigenvalue weighted by molar-refractivity contribution is 5.37. The number of hydrogen-bond donors (Lipinski definition) is 0. The third-order valence-corrected chi connectivity index (χ3v) is 5.57. The van der Waals surface area contributed by atoms with Crippen molar-refractivity contribution >= 4 is 0 Å². The molecule has 4 rings (SSSR count). The molecular weight excluding hydrogens is 324 g/mol. The number of aromatic nitrogens is 2. The number of rotatable bonds is 7. The Kier molecular flexibility index (Phi) is 5.05. The second kappa shape index (κ2) is 7.61. The highest BCUT2D eigenvalue weighted by Gasteiger charge is 2.27. The van der Waals surface area contributed by atoms with Crippen molar-refractivity contribution in [2.45, 2.75) is 45.3 Å². The van der Waals surface area contributed by atoms with Gasteiger partial charge in [0, 0.05) is 44.6 Å². The van der Waals surface area contributed by atoms with Gasteiger partial charge in [0.15, 0.2) is 0 Å². The third-order valence-electron chi connectivity index (χ3n) is 5.57. The zero-order valence-corrected chi connectivity index (χ0v) is 15.4. The Morgan fingerprint density at radius 2 is 2.12 bits per heavy atom. The fraction of sp³-hybridized carbons (Fsp3) is 0.524. The molecule has 1 atom stereocenters. The molecule has 2 aliphatic rings. The molecule has 0 saturated heterocycles. The van der Waals surface area contributed by atoms with E-state index in [1.54, 1.807) is 0 Å². The maximum absolute atomic E-state index is 9.32. The normalized spacial score (nSPS) is 19.9. The Morgan fingerprint density at radius 1 is 1.27 bits per heavy atom. The smallest absolute Gasteiger partial charge is 0.126 e. The Balaban J connectivity index is 1.40. The number of imidazole rings is 1. The minimum absolute atomic E-state index is 0.247. The molecule has 0 spiro atoms. The van der Waals surface area contributed by atoms with Crippen LogP contribution in [-0.4, -0.2) is 34.2 Å². The molecule has 1 saturated carbocycles. The first-order chi connectivity index (χ1) is 12.8. The Hall–Kier alpha value is -2.16. The fourth-order valence-electron chi connectivity index (χ4n) is 3.72. The number of benzene rings is 1. The molecule has 26 heavy (non-hydrogen) atoms. The van der Waals surface area contributed by atoms with Crippen molar-refractivity contribution in [1.82, 2.24) is 14.5 Å². The topological polar surface area (TPSA) is 54.1 Å². The highest BCUT2D eigenvalue weighted by atomic mass is 16.5. The molecular formula is C21H26N4O. The average Bonchev–Trinajstić information content (AvgIpc) is 3.40. The third kappa shape index (κ3) is 3.67. The molecule has 1 aliphatic carbocycles. The molecule has 1 fully saturated rings. The maximum Gasteiger partial charge on any atom is 0.126 e. The second-order valence-corrected chi connectivity index (χ2v) is 7.44. The number of hydrogen-bond acceptors (Lipinski definition) is 4. The SMILES string of the molecule is CC1c2ncc(CCOCC3CC3)n2CCN1Cc1ccccc1C#N. The van der Waals surface area contributed by atoms with Crippen LogP contribution in [0.4, 0.5) is 0 Å². The van der Waals surface area contributed by atoms with Gasteiger partial charge in [0.2, 0.25) is 0 Å². The van der Waals surface area contributed by atoms with E-state index in [1.165, 1.54) is 18.5 Å². The summed E-state index contributed by atoms with van der Waals surface area (Å²) in [6.45, 7) is 6.63. The standard InChI is InChI=1S/C21H26N4O/c1-16-21-23-13-20(8-11-26-15-17-6-7-17)25(21)10-9-24(16)14-19-5-3-2-4-18(19)12-22/h2-5,13,16-17H,6-11,14-15H2,1H3. The summed E-state index contributed by atoms with van der Waals surface area (Å²) < 4.78 is 8.15. The van der Waals surface area contributed by atoms with Gasteiger partial charge >= 0.3 is 0 Å². The molecule has 2 aromatic rings. The van der Waals surface area contributed by atoms with Crippen LogP contribution in [-0.2, 0) is 24.2 Å². The number of nitriles is 1. The first kappa shape index (κ1) is 17.3. The van der Waals surface area contributed by atoms with Gasteiger partial charge < -0.3 is 9.30 Å². The van der Waals surface area contributed by atoms with Gasteiger partial charge in [-0.1, -0.05) is 18.2 Å². The van der Waals surface area contributed by atoms with Gasteiger partial charge in [-0.3, -0.25) is 4.90 Å². The molecule has 1 aromatic carbocycles. The van der Waals surface area contributed by atoms with Crippen LogP contribution in [0.1, 0.15) is 48.5 Å². The molecule has 0 amide bonds. The van der Waals surface area contributed by atoms with Crippen molar-refractivity contribution in [2.24, 2.45) is 5.92 Å². The lowest BCUT2D eigenvalue weighted by Crippen LogP contribution is -2.37. The van der Waals surface area contributed by atoms with E-state index in [-0.39, 0.29) is 6.04 Å². The minimum Gasteiger partial charge on any atom is -0.381 e. The van der Waals surface area contributed by atoms with Crippen LogP contribution < -0.4 is 0 Å². The summed E-state index contributed by atoms with van der Waals surface area (Å²) in [7, 11) is 0. The van der Waals surface area contributed by atoms with Crippen molar-refractivity contribution in [3.63, 3.8) is 0 Å². The van der Waals surface area contributed by atoms with Crippen molar-refractivity contribution in [1.29, 1.82) is 5.26 Å². The second-order valence-electron chi connectivity index (χ2n) is 7.44. The van der Waals surface area contributed by atoms with Crippen molar-refractivity contribution in [2.75, 3.05) is 19.8 Å². The van der Waals surface area contributed by atoms with Gasteiger partial charge in [0.25, 0.3) is 0 Å². The van der Waals surface area contributed by atoms with Crippen LogP contribution in [0.5, 0.6) is 0 Å². The molecule has 5 nitrogen and oxygen atoms in total. The molecule has 5 heteroatoms. The Bertz CT molecular complexity index is 803. The summed E-state index contributed by atoms with van der Waals surface area (Å²) in [5.41, 5.74) is 3.14. The van der Waals surface area contributed by atoms with E-state index in [9.17, 15) is 5.26 Å². The summed E-state index contributed by atoms with van der Waals surface area (Å²) >= 11 is 0. The molecule has 1 unspecified atom stereocenters. The van der Waals surface area contributed by atoms with Crippen LogP contribution in [0.3, 0.4) is 0 Å². The lowest BCUT2D eigenvalue weighted by atomic mass is 10.1. The summed E-state index contributed by atoms with van der Waals surface area (Å²) in [6, 6.07) is 10.4. The molecule has 1 aromatic heterocycles. The van der Waals surface area contributed by atoms with E-state index in [1.807, 2.05) is 24.4 Å². The van der Waals surface area contributed by atoms with E-state index in [4.69, 9.17) is 9.72 Å². The first-order valence-corrected chi connectivity index (χ1v) is 9.60. The molecule has 0 N–H and O–H groups in total. The highest BCUT2D eigenvalue weighted by Crippen LogP contribution is 2.29. The Morgan fingerprint density at radius 3 is 2.92 bits per heavy atom. The summed E-state index contributed by atoms with van der Waals surface area (Å²) in [4.78, 5) is 7.11. The van der Waals surface area contributed by atoms with Crippen LogP contribution in [0.25, 0.3) is 0 Å². The Labute approximate surface area is 155 Å². The quantitative estimate of drug-likeness (QED) is 0.719. The van der Waals surface area contributed by atoms with E-state index < -0.39 is 0 Å². The largest absolute Gasteiger partial charge is 0.381 e. The predicted molar refractivity (Wildman–Crippen MR) is 99.5 cm³/mol. The van der Waals surface area contributed by atoms with E-state index >= 15 is 0 Å². The molecule has 0 bridgehead atoms. The number of ether oxygens (including phenoxy) is 1. The zero-order valence-electron chi connectivity index (χ0n) is 15.4. The predicted octanol–water partition coefficient (Wildman–Crippen LogP) is 3.30. The minimum atomic E-state index is 0.247. The lowest BCUT2D eigenvalue weighted by molar-refractivity contribution is 0.124. The summed E-state index contributed by atoms with van der Waals surface area (Å²) in [5, 5.41) is 9.32. The first-order valence-electron chi connectivity index (χ1n) is 9.60. The average molecular weight is 350 g/mol. The number of nitrogens with zero attached hydrogens (tertiary/aromatic N) is 4. The van der Waals surface area contributed by atoms with Gasteiger partial charge in [-0.15, -0.1) is 0 Å². The molecule has 136 valence electrons. The summed E-state index contributed by atoms with van der Waals surface area (Å²) in [6.07, 6.45) is 5.62. The van der Waals surface area contributed by atoms with Gasteiger partial charge in [0.05, 0.1) is 24.3 Å². The van der Waals surface area contributed by atoms with Crippen molar-refractivity contribution in [3.8, 4) is 6.07 Å². The van der Waals surface area contributed by atoms with Crippen molar-refractivity contribution in [3.05, 3.63) is 53.1 Å². The molecule has 1 aliphatic heterocycles. The fourth-order valence-corrected chi connectivity index (χ4v) is 3.72. The molecule has 0 radical (unpaired) electrons. The lowest BCUT2D eigenvalue weighted by Gasteiger charge is -2.34. The van der Waals surface area contributed by atoms with Crippen LogP contribution in [0.2, 0.25) is 0 Å². The van der Waals surface area contributed by atoms with Crippen LogP contribution in [0.15, 0.2) is 30.5 Å². The zero-order chi connectivity index (χ0) is 17.9. The van der Waals surface area contributed by atoms with Gasteiger partial charge in [0.1, 0.15) is 5.82 Å². The maximum atomic E-state index is 9.32. The summed E-state index contributed by atoms with van der Waals surface area (Å²) in [5.74, 6) is 1.95. The van der Waals surface area contributed by atoms with E-state index in [0.29, 0.717) is 0 Å². The van der Waals surface area contributed by atoms with Crippen LogP contribution >= 0.6 is 0 Å². The van der Waals surface area contributed by atoms with Crippen LogP contribution in [0, 0.1) is 17.2 Å².